The van der Waals surface area contributed by atoms with Crippen molar-refractivity contribution in [2.24, 2.45) is 11.8 Å². The van der Waals surface area contributed by atoms with Crippen molar-refractivity contribution in [1.29, 1.82) is 0 Å². The van der Waals surface area contributed by atoms with E-state index in [4.69, 9.17) is 0 Å². The second kappa shape index (κ2) is 4.84. The molecule has 0 bridgehead atoms. The van der Waals surface area contributed by atoms with Crippen LogP contribution in [0.5, 0.6) is 0 Å². The predicted molar refractivity (Wildman–Crippen MR) is 70.8 cm³/mol. The average Bonchev–Trinajstić information content (AvgIpc) is 2.46. The number of halogens is 1. The van der Waals surface area contributed by atoms with Crippen LogP contribution < -0.4 is 0 Å². The van der Waals surface area contributed by atoms with Gasteiger partial charge in [0.15, 0.2) is 0 Å². The molecular formula is C11H19ISi. The van der Waals surface area contributed by atoms with Gasteiger partial charge in [0.05, 0.1) is 0 Å². The van der Waals surface area contributed by atoms with Crippen LogP contribution >= 0.6 is 22.6 Å². The largest absolute Gasteiger partial charge is 0.132 e. The Morgan fingerprint density at radius 3 is 2.54 bits per heavy atom. The molecule has 2 heteroatoms. The molecule has 1 aliphatic rings. The first kappa shape index (κ1) is 11.6. The highest BCUT2D eigenvalue weighted by molar-refractivity contribution is 14.1. The summed E-state index contributed by atoms with van der Waals surface area (Å²) < 4.78 is 1.29. The fourth-order valence-corrected chi connectivity index (χ4v) is 3.39. The Labute approximate surface area is 97.0 Å². The van der Waals surface area contributed by atoms with Gasteiger partial charge >= 0.3 is 0 Å². The number of rotatable bonds is 1. The van der Waals surface area contributed by atoms with Crippen LogP contribution in [-0.2, 0) is 0 Å². The molecule has 0 radical (unpaired) electrons. The molecular weight excluding hydrogens is 287 g/mol. The van der Waals surface area contributed by atoms with Gasteiger partial charge in [0.2, 0.25) is 0 Å². The fourth-order valence-electron chi connectivity index (χ4n) is 1.72. The molecule has 0 amide bonds. The lowest BCUT2D eigenvalue weighted by Gasteiger charge is -2.11. The normalized spacial score (nSPS) is 28.3. The molecule has 0 aliphatic heterocycles. The van der Waals surface area contributed by atoms with E-state index in [0.717, 1.165) is 11.8 Å². The quantitative estimate of drug-likeness (QED) is 0.300. The summed E-state index contributed by atoms with van der Waals surface area (Å²) in [6, 6.07) is 0. The van der Waals surface area contributed by atoms with Crippen molar-refractivity contribution in [3.63, 3.8) is 0 Å². The van der Waals surface area contributed by atoms with Crippen LogP contribution in [0, 0.1) is 23.3 Å². The second-order valence-electron chi connectivity index (χ2n) is 4.97. The van der Waals surface area contributed by atoms with Gasteiger partial charge in [0, 0.05) is 10.3 Å². The third-order valence-electron chi connectivity index (χ3n) is 2.49. The van der Waals surface area contributed by atoms with Gasteiger partial charge in [-0.1, -0.05) is 48.7 Å². The van der Waals surface area contributed by atoms with Crippen LogP contribution in [0.25, 0.3) is 0 Å². The zero-order valence-electron chi connectivity index (χ0n) is 8.86. The molecule has 0 spiro atoms. The van der Waals surface area contributed by atoms with Gasteiger partial charge in [-0.2, -0.15) is 0 Å². The summed E-state index contributed by atoms with van der Waals surface area (Å²) in [6.45, 7) is 6.98. The summed E-state index contributed by atoms with van der Waals surface area (Å²) in [5, 5.41) is 0. The highest BCUT2D eigenvalue weighted by Crippen LogP contribution is 2.32. The highest BCUT2D eigenvalue weighted by Gasteiger charge is 2.24. The molecule has 13 heavy (non-hydrogen) atoms. The molecule has 0 heterocycles. The average molecular weight is 306 g/mol. The van der Waals surface area contributed by atoms with E-state index in [1.165, 1.54) is 23.7 Å². The standard InChI is InChI=1S/C11H19ISi/c1-13(2,3)8-7-10-5-4-6-11(10)9-12/h10-11H,4-6,9H2,1-3H3. The van der Waals surface area contributed by atoms with E-state index in [9.17, 15) is 0 Å². The van der Waals surface area contributed by atoms with Crippen LogP contribution in [-0.4, -0.2) is 12.5 Å². The topological polar surface area (TPSA) is 0 Å². The Balaban J connectivity index is 2.56. The summed E-state index contributed by atoms with van der Waals surface area (Å²) in [6.07, 6.45) is 4.16. The SMILES string of the molecule is C[Si](C)(C)C#CC1CCCC1CI. The zero-order valence-corrected chi connectivity index (χ0v) is 12.0. The minimum Gasteiger partial charge on any atom is -0.132 e. The van der Waals surface area contributed by atoms with Crippen LogP contribution in [0.2, 0.25) is 19.6 Å². The summed E-state index contributed by atoms with van der Waals surface area (Å²) in [5.74, 6) is 5.15. The molecule has 1 saturated carbocycles. The van der Waals surface area contributed by atoms with Crippen LogP contribution in [0.1, 0.15) is 19.3 Å². The summed E-state index contributed by atoms with van der Waals surface area (Å²) in [4.78, 5) is 0. The van der Waals surface area contributed by atoms with Crippen molar-refractivity contribution in [3.05, 3.63) is 0 Å². The van der Waals surface area contributed by atoms with Crippen molar-refractivity contribution < 1.29 is 0 Å². The van der Waals surface area contributed by atoms with Gasteiger partial charge in [0.25, 0.3) is 0 Å². The van der Waals surface area contributed by atoms with Crippen molar-refractivity contribution in [2.45, 2.75) is 38.9 Å². The maximum Gasteiger partial charge on any atom is 0.129 e. The van der Waals surface area contributed by atoms with Crippen molar-refractivity contribution >= 4 is 30.7 Å². The second-order valence-corrected chi connectivity index (χ2v) is 10.6. The third-order valence-corrected chi connectivity index (χ3v) is 4.52. The van der Waals surface area contributed by atoms with Gasteiger partial charge in [-0.05, 0) is 18.8 Å². The molecule has 74 valence electrons. The van der Waals surface area contributed by atoms with Crippen LogP contribution in [0.15, 0.2) is 0 Å². The van der Waals surface area contributed by atoms with E-state index in [1.54, 1.807) is 0 Å². The highest BCUT2D eigenvalue weighted by atomic mass is 127. The molecule has 2 atom stereocenters. The molecule has 0 N–H and O–H groups in total. The van der Waals surface area contributed by atoms with E-state index in [0.29, 0.717) is 0 Å². The summed E-state index contributed by atoms with van der Waals surface area (Å²) in [5.41, 5.74) is 3.51. The lowest BCUT2D eigenvalue weighted by molar-refractivity contribution is 0.535. The first-order valence-electron chi connectivity index (χ1n) is 5.11. The zero-order chi connectivity index (χ0) is 9.90. The van der Waals surface area contributed by atoms with Gasteiger partial charge in [-0.25, -0.2) is 0 Å². The predicted octanol–water partition coefficient (Wildman–Crippen LogP) is 3.72. The smallest absolute Gasteiger partial charge is 0.129 e. The number of hydrogen-bond acceptors (Lipinski definition) is 0. The molecule has 1 fully saturated rings. The molecule has 1 aliphatic carbocycles. The van der Waals surface area contributed by atoms with E-state index in [-0.39, 0.29) is 0 Å². The minimum absolute atomic E-state index is 0.726. The monoisotopic (exact) mass is 306 g/mol. The molecule has 0 aromatic carbocycles. The third kappa shape index (κ3) is 4.03. The maximum atomic E-state index is 3.53. The lowest BCUT2D eigenvalue weighted by Crippen LogP contribution is -2.17. The number of alkyl halides is 1. The van der Waals surface area contributed by atoms with Gasteiger partial charge in [0.1, 0.15) is 8.07 Å². The fraction of sp³-hybridized carbons (Fsp3) is 0.818. The molecule has 0 nitrogen and oxygen atoms in total. The van der Waals surface area contributed by atoms with Crippen molar-refractivity contribution in [2.75, 3.05) is 4.43 Å². The first-order valence-corrected chi connectivity index (χ1v) is 10.1. The Morgan fingerprint density at radius 2 is 2.00 bits per heavy atom. The minimum atomic E-state index is -1.13. The summed E-state index contributed by atoms with van der Waals surface area (Å²) in [7, 11) is -1.13. The van der Waals surface area contributed by atoms with E-state index in [2.05, 4.69) is 53.7 Å². The van der Waals surface area contributed by atoms with Crippen molar-refractivity contribution in [1.82, 2.24) is 0 Å². The molecule has 1 rings (SSSR count). The van der Waals surface area contributed by atoms with Gasteiger partial charge < -0.3 is 0 Å². The van der Waals surface area contributed by atoms with E-state index < -0.39 is 8.07 Å². The number of hydrogen-bond donors (Lipinski definition) is 0. The lowest BCUT2D eigenvalue weighted by atomic mass is 10.00. The molecule has 2 unspecified atom stereocenters. The Hall–Kier alpha value is 0.507. The van der Waals surface area contributed by atoms with E-state index in [1.807, 2.05) is 0 Å². The van der Waals surface area contributed by atoms with E-state index >= 15 is 0 Å². The molecule has 0 aromatic heterocycles. The molecule has 0 saturated heterocycles. The van der Waals surface area contributed by atoms with Crippen molar-refractivity contribution in [3.8, 4) is 11.5 Å². The van der Waals surface area contributed by atoms with Gasteiger partial charge in [-0.3, -0.25) is 0 Å². The Morgan fingerprint density at radius 1 is 1.31 bits per heavy atom. The van der Waals surface area contributed by atoms with Gasteiger partial charge in [-0.15, -0.1) is 11.5 Å². The van der Waals surface area contributed by atoms with Crippen LogP contribution in [0.3, 0.4) is 0 Å². The van der Waals surface area contributed by atoms with Crippen LogP contribution in [0.4, 0.5) is 0 Å². The maximum absolute atomic E-state index is 3.53. The molecule has 0 aromatic rings. The Kier molecular flexibility index (Phi) is 4.31. The summed E-state index contributed by atoms with van der Waals surface area (Å²) >= 11 is 2.51. The Bertz CT molecular complexity index is 218. The first-order chi connectivity index (χ1) is 6.03.